The highest BCUT2D eigenvalue weighted by Crippen LogP contribution is 2.35. The minimum atomic E-state index is -0.0592. The summed E-state index contributed by atoms with van der Waals surface area (Å²) in [4.78, 5) is 12.6. The second kappa shape index (κ2) is 6.08. The first-order valence-corrected chi connectivity index (χ1v) is 8.65. The van der Waals surface area contributed by atoms with Gasteiger partial charge in [-0.3, -0.25) is 4.79 Å². The van der Waals surface area contributed by atoms with Crippen LogP contribution in [-0.4, -0.2) is 11.3 Å². The fourth-order valence-electron chi connectivity index (χ4n) is 3.72. The van der Waals surface area contributed by atoms with Crippen molar-refractivity contribution in [2.45, 2.75) is 57.9 Å². The maximum Gasteiger partial charge on any atom is 0.160 e. The summed E-state index contributed by atoms with van der Waals surface area (Å²) in [6.45, 7) is 4.32. The number of halogens is 1. The molecule has 0 atom stereocenters. The maximum atomic E-state index is 12.6. The summed E-state index contributed by atoms with van der Waals surface area (Å²) in [5.74, 6) is 0.449. The molecule has 0 saturated heterocycles. The van der Waals surface area contributed by atoms with Gasteiger partial charge in [0.2, 0.25) is 0 Å². The summed E-state index contributed by atoms with van der Waals surface area (Å²) >= 11 is 6.41. The van der Waals surface area contributed by atoms with Crippen LogP contribution in [-0.2, 0) is 11.2 Å². The highest BCUT2D eigenvalue weighted by Gasteiger charge is 2.30. The van der Waals surface area contributed by atoms with E-state index in [1.165, 1.54) is 24.8 Å². The van der Waals surface area contributed by atoms with Crippen molar-refractivity contribution in [3.8, 4) is 0 Å². The molecule has 0 aromatic heterocycles. The van der Waals surface area contributed by atoms with Crippen molar-refractivity contribution in [1.82, 2.24) is 5.32 Å². The van der Waals surface area contributed by atoms with Gasteiger partial charge in [-0.2, -0.15) is 0 Å². The number of benzene rings is 1. The van der Waals surface area contributed by atoms with Gasteiger partial charge in [0.25, 0.3) is 0 Å². The molecule has 22 heavy (non-hydrogen) atoms. The number of carbonyl (C=O) groups is 1. The molecular weight excluding hydrogens is 294 g/mol. The summed E-state index contributed by atoms with van der Waals surface area (Å²) in [7, 11) is 0. The summed E-state index contributed by atoms with van der Waals surface area (Å²) in [5, 5.41) is 4.24. The molecule has 3 rings (SSSR count). The molecule has 1 saturated carbocycles. The molecular formula is C19H24ClNO. The highest BCUT2D eigenvalue weighted by molar-refractivity contribution is 6.32. The van der Waals surface area contributed by atoms with Crippen molar-refractivity contribution in [1.29, 1.82) is 0 Å². The van der Waals surface area contributed by atoms with Crippen LogP contribution in [0.1, 0.15) is 57.1 Å². The average molecular weight is 318 g/mol. The zero-order valence-electron chi connectivity index (χ0n) is 13.4. The number of hydrogen-bond donors (Lipinski definition) is 1. The summed E-state index contributed by atoms with van der Waals surface area (Å²) in [6.07, 6.45) is 8.40. The molecule has 3 heteroatoms. The Bertz CT molecular complexity index is 612. The third-order valence-electron chi connectivity index (χ3n) is 4.77. The fraction of sp³-hybridized carbons (Fsp3) is 0.526. The van der Waals surface area contributed by atoms with Crippen molar-refractivity contribution in [2.75, 3.05) is 0 Å². The lowest BCUT2D eigenvalue weighted by Crippen LogP contribution is -2.44. The van der Waals surface area contributed by atoms with Crippen LogP contribution in [0.15, 0.2) is 24.3 Å². The van der Waals surface area contributed by atoms with Crippen LogP contribution >= 0.6 is 11.6 Å². The average Bonchev–Trinajstić information content (AvgIpc) is 2.46. The molecule has 1 fully saturated rings. The molecule has 2 aliphatic rings. The van der Waals surface area contributed by atoms with E-state index in [1.807, 2.05) is 18.2 Å². The standard InChI is InChI=1S/C19H24ClNO/c1-19(2)12-14-9-6-10-15(20)18(14)16(21-19)11-17(22)13-7-4-3-5-8-13/h6,9-11,13,21H,3-5,7-8,12H2,1-2H3. The Balaban J connectivity index is 1.95. The lowest BCUT2D eigenvalue weighted by molar-refractivity contribution is -0.119. The van der Waals surface area contributed by atoms with Gasteiger partial charge in [0.05, 0.1) is 5.02 Å². The summed E-state index contributed by atoms with van der Waals surface area (Å²) in [6, 6.07) is 6.01. The van der Waals surface area contributed by atoms with E-state index in [4.69, 9.17) is 11.6 Å². The predicted molar refractivity (Wildman–Crippen MR) is 91.9 cm³/mol. The molecule has 1 N–H and O–H groups in total. The molecule has 1 aromatic rings. The third-order valence-corrected chi connectivity index (χ3v) is 5.08. The van der Waals surface area contributed by atoms with Crippen LogP contribution in [0.5, 0.6) is 0 Å². The Morgan fingerprint density at radius 1 is 1.27 bits per heavy atom. The predicted octanol–water partition coefficient (Wildman–Crippen LogP) is 4.75. The summed E-state index contributed by atoms with van der Waals surface area (Å²) < 4.78 is 0. The minimum absolute atomic E-state index is 0.0592. The Morgan fingerprint density at radius 3 is 2.73 bits per heavy atom. The van der Waals surface area contributed by atoms with E-state index < -0.39 is 0 Å². The van der Waals surface area contributed by atoms with Crippen LogP contribution in [0.4, 0.5) is 0 Å². The van der Waals surface area contributed by atoms with E-state index in [0.717, 1.165) is 35.5 Å². The SMILES string of the molecule is CC1(C)Cc2cccc(Cl)c2C(=CC(=O)C2CCCCC2)N1. The van der Waals surface area contributed by atoms with Crippen LogP contribution in [0, 0.1) is 5.92 Å². The van der Waals surface area contributed by atoms with E-state index >= 15 is 0 Å². The molecule has 0 bridgehead atoms. The minimum Gasteiger partial charge on any atom is -0.379 e. The molecule has 0 spiro atoms. The second-order valence-electron chi connectivity index (χ2n) is 7.25. The lowest BCUT2D eigenvalue weighted by atomic mass is 9.83. The lowest BCUT2D eigenvalue weighted by Gasteiger charge is -2.36. The molecule has 0 unspecified atom stereocenters. The fourth-order valence-corrected chi connectivity index (χ4v) is 4.02. The van der Waals surface area contributed by atoms with E-state index in [0.29, 0.717) is 0 Å². The largest absolute Gasteiger partial charge is 0.379 e. The van der Waals surface area contributed by atoms with Crippen LogP contribution < -0.4 is 5.32 Å². The zero-order chi connectivity index (χ0) is 15.7. The molecule has 1 aromatic carbocycles. The Labute approximate surface area is 137 Å². The monoisotopic (exact) mass is 317 g/mol. The van der Waals surface area contributed by atoms with Crippen LogP contribution in [0.3, 0.4) is 0 Å². The van der Waals surface area contributed by atoms with Crippen molar-refractivity contribution >= 4 is 23.1 Å². The number of rotatable bonds is 2. The molecule has 118 valence electrons. The molecule has 1 aliphatic heterocycles. The Morgan fingerprint density at radius 2 is 2.00 bits per heavy atom. The normalized spacial score (nSPS) is 23.0. The van der Waals surface area contributed by atoms with E-state index in [2.05, 4.69) is 25.2 Å². The summed E-state index contributed by atoms with van der Waals surface area (Å²) in [5.41, 5.74) is 3.06. The first-order valence-electron chi connectivity index (χ1n) is 8.28. The molecule has 2 nitrogen and oxygen atoms in total. The highest BCUT2D eigenvalue weighted by atomic mass is 35.5. The van der Waals surface area contributed by atoms with Crippen molar-refractivity contribution in [3.63, 3.8) is 0 Å². The van der Waals surface area contributed by atoms with Gasteiger partial charge in [-0.15, -0.1) is 0 Å². The van der Waals surface area contributed by atoms with E-state index in [-0.39, 0.29) is 17.2 Å². The van der Waals surface area contributed by atoms with Crippen LogP contribution in [0.25, 0.3) is 5.70 Å². The quantitative estimate of drug-likeness (QED) is 0.797. The third kappa shape index (κ3) is 3.22. The topological polar surface area (TPSA) is 29.1 Å². The van der Waals surface area contributed by atoms with E-state index in [1.54, 1.807) is 0 Å². The molecule has 1 heterocycles. The second-order valence-corrected chi connectivity index (χ2v) is 7.66. The van der Waals surface area contributed by atoms with Gasteiger partial charge >= 0.3 is 0 Å². The maximum absolute atomic E-state index is 12.6. The van der Waals surface area contributed by atoms with E-state index in [9.17, 15) is 4.79 Å². The van der Waals surface area contributed by atoms with Gasteiger partial charge in [-0.25, -0.2) is 0 Å². The number of allylic oxidation sites excluding steroid dienone is 1. The number of fused-ring (bicyclic) bond motifs is 1. The van der Waals surface area contributed by atoms with Crippen molar-refractivity contribution in [2.24, 2.45) is 5.92 Å². The van der Waals surface area contributed by atoms with Crippen LogP contribution in [0.2, 0.25) is 5.02 Å². The smallest absolute Gasteiger partial charge is 0.160 e. The zero-order valence-corrected chi connectivity index (χ0v) is 14.2. The molecule has 1 aliphatic carbocycles. The van der Waals surface area contributed by atoms with Crippen molar-refractivity contribution in [3.05, 3.63) is 40.4 Å². The van der Waals surface area contributed by atoms with Crippen molar-refractivity contribution < 1.29 is 4.79 Å². The van der Waals surface area contributed by atoms with Gasteiger partial charge < -0.3 is 5.32 Å². The van der Waals surface area contributed by atoms with Gasteiger partial charge in [0, 0.05) is 28.8 Å². The first kappa shape index (κ1) is 15.6. The van der Waals surface area contributed by atoms with Gasteiger partial charge in [0.1, 0.15) is 0 Å². The number of carbonyl (C=O) groups excluding carboxylic acids is 1. The number of nitrogens with one attached hydrogen (secondary N) is 1. The number of hydrogen-bond acceptors (Lipinski definition) is 2. The molecule has 0 amide bonds. The Hall–Kier alpha value is -1.28. The van der Waals surface area contributed by atoms with Gasteiger partial charge in [-0.1, -0.05) is 43.0 Å². The first-order chi connectivity index (χ1) is 10.5. The van der Waals surface area contributed by atoms with Gasteiger partial charge in [-0.05, 0) is 44.7 Å². The molecule has 0 radical (unpaired) electrons. The Kier molecular flexibility index (Phi) is 4.31. The number of ketones is 1. The van der Waals surface area contributed by atoms with Gasteiger partial charge in [0.15, 0.2) is 5.78 Å².